The van der Waals surface area contributed by atoms with Crippen LogP contribution < -0.4 is 0 Å². The number of hydrogen-bond acceptors (Lipinski definition) is 1. The number of allylic oxidation sites excluding steroid dienone is 6. The number of halogens is 1. The van der Waals surface area contributed by atoms with Gasteiger partial charge in [-0.2, -0.15) is 5.26 Å². The van der Waals surface area contributed by atoms with Crippen LogP contribution in [0.4, 0.5) is 4.39 Å². The fourth-order valence-corrected chi connectivity index (χ4v) is 1.04. The van der Waals surface area contributed by atoms with Crippen molar-refractivity contribution in [3.05, 3.63) is 35.2 Å². The number of nitriles is 1. The van der Waals surface area contributed by atoms with Crippen LogP contribution in [0.2, 0.25) is 0 Å². The predicted octanol–water partition coefficient (Wildman–Crippen LogP) is 5.08. The van der Waals surface area contributed by atoms with Crippen molar-refractivity contribution in [3.8, 4) is 6.07 Å². The van der Waals surface area contributed by atoms with Gasteiger partial charge >= 0.3 is 0 Å². The topological polar surface area (TPSA) is 23.8 Å². The molecular formula is C14H22FN. The summed E-state index contributed by atoms with van der Waals surface area (Å²) in [5, 5.41) is 8.53. The third-order valence-corrected chi connectivity index (χ3v) is 1.84. The molecule has 0 N–H and O–H groups in total. The monoisotopic (exact) mass is 223 g/mol. The van der Waals surface area contributed by atoms with Gasteiger partial charge in [0.2, 0.25) is 0 Å². The Kier molecular flexibility index (Phi) is 12.5. The largest absolute Gasteiger partial charge is 0.206 e. The molecule has 0 radical (unpaired) electrons. The highest BCUT2D eigenvalue weighted by Crippen LogP contribution is 2.19. The Morgan fingerprint density at radius 2 is 1.81 bits per heavy atom. The fourth-order valence-electron chi connectivity index (χ4n) is 1.04. The summed E-state index contributed by atoms with van der Waals surface area (Å²) in [6, 6.07) is 1.85. The van der Waals surface area contributed by atoms with Crippen molar-refractivity contribution in [1.29, 1.82) is 5.26 Å². The average Bonchev–Trinajstić information content (AvgIpc) is 2.55. The Bertz CT molecular complexity index is 303. The van der Waals surface area contributed by atoms with Gasteiger partial charge in [-0.25, -0.2) is 4.39 Å². The lowest BCUT2D eigenvalue weighted by Gasteiger charge is -1.92. The second-order valence-electron chi connectivity index (χ2n) is 2.61. The van der Waals surface area contributed by atoms with Crippen molar-refractivity contribution in [3.63, 3.8) is 0 Å². The maximum atomic E-state index is 13.0. The predicted molar refractivity (Wildman–Crippen MR) is 68.6 cm³/mol. The van der Waals surface area contributed by atoms with Gasteiger partial charge in [0.05, 0.1) is 11.6 Å². The minimum atomic E-state index is -0.405. The van der Waals surface area contributed by atoms with Crippen LogP contribution in [-0.4, -0.2) is 0 Å². The highest BCUT2D eigenvalue weighted by Gasteiger charge is 2.05. The summed E-state index contributed by atoms with van der Waals surface area (Å²) in [7, 11) is 0. The van der Waals surface area contributed by atoms with Gasteiger partial charge in [0.15, 0.2) is 0 Å². The number of nitrogens with zero attached hydrogens (tertiary/aromatic N) is 1. The zero-order valence-electron chi connectivity index (χ0n) is 11.0. The smallest absolute Gasteiger partial charge is 0.137 e. The first kappa shape index (κ1) is 17.0. The molecule has 1 aliphatic carbocycles. The zero-order valence-corrected chi connectivity index (χ0v) is 11.0. The van der Waals surface area contributed by atoms with Crippen molar-refractivity contribution in [2.45, 2.75) is 47.5 Å². The molecule has 0 fully saturated rings. The van der Waals surface area contributed by atoms with Gasteiger partial charge in [0.1, 0.15) is 5.83 Å². The molecular weight excluding hydrogens is 201 g/mol. The van der Waals surface area contributed by atoms with Gasteiger partial charge in [-0.05, 0) is 12.5 Å². The van der Waals surface area contributed by atoms with E-state index in [1.165, 1.54) is 6.08 Å². The second kappa shape index (κ2) is 11.7. The normalized spacial score (nSPS) is 13.4. The third-order valence-electron chi connectivity index (χ3n) is 1.84. The lowest BCUT2D eigenvalue weighted by Crippen LogP contribution is -1.78. The van der Waals surface area contributed by atoms with Crippen molar-refractivity contribution in [2.75, 3.05) is 0 Å². The van der Waals surface area contributed by atoms with Crippen LogP contribution in [0.3, 0.4) is 0 Å². The van der Waals surface area contributed by atoms with Crippen LogP contribution in [0, 0.1) is 11.3 Å². The summed E-state index contributed by atoms with van der Waals surface area (Å²) < 4.78 is 13.0. The van der Waals surface area contributed by atoms with Gasteiger partial charge in [-0.15, -0.1) is 0 Å². The molecule has 0 spiro atoms. The molecule has 16 heavy (non-hydrogen) atoms. The van der Waals surface area contributed by atoms with Gasteiger partial charge < -0.3 is 0 Å². The Morgan fingerprint density at radius 1 is 1.25 bits per heavy atom. The first-order valence-electron chi connectivity index (χ1n) is 5.93. The highest BCUT2D eigenvalue weighted by atomic mass is 19.1. The molecule has 0 saturated heterocycles. The van der Waals surface area contributed by atoms with E-state index in [9.17, 15) is 4.39 Å². The molecule has 0 aliphatic heterocycles. The van der Waals surface area contributed by atoms with Gasteiger partial charge in [0.25, 0.3) is 0 Å². The maximum absolute atomic E-state index is 13.0. The lowest BCUT2D eigenvalue weighted by atomic mass is 10.1. The summed E-state index contributed by atoms with van der Waals surface area (Å²) >= 11 is 0. The molecule has 0 aromatic carbocycles. The summed E-state index contributed by atoms with van der Waals surface area (Å²) in [6.45, 7) is 10.0. The molecule has 0 heterocycles. The standard InChI is InChI=1S/C10H10FN.2C2H6/c1-2-8-3-5-9(7-12)10(11)6-4-8;2*1-2/h3-4,6H,2,5H2,1H3;2*1-2H3. The fraction of sp³-hybridized carbons (Fsp3) is 0.500. The molecule has 90 valence electrons. The SMILES string of the molecule is CC.CC.CCC1=CCC(C#N)=C(F)C=C1. The lowest BCUT2D eigenvalue weighted by molar-refractivity contribution is 0.657. The van der Waals surface area contributed by atoms with Gasteiger partial charge in [-0.1, -0.05) is 52.3 Å². The zero-order chi connectivity index (χ0) is 13.0. The maximum Gasteiger partial charge on any atom is 0.137 e. The molecule has 1 nitrogen and oxygen atoms in total. The minimum Gasteiger partial charge on any atom is -0.206 e. The van der Waals surface area contributed by atoms with Crippen LogP contribution in [0.1, 0.15) is 47.5 Å². The molecule has 0 amide bonds. The van der Waals surface area contributed by atoms with E-state index in [4.69, 9.17) is 5.26 Å². The van der Waals surface area contributed by atoms with E-state index in [-0.39, 0.29) is 5.57 Å². The van der Waals surface area contributed by atoms with Gasteiger partial charge in [-0.3, -0.25) is 0 Å². The van der Waals surface area contributed by atoms with Crippen LogP contribution in [-0.2, 0) is 0 Å². The van der Waals surface area contributed by atoms with Crippen LogP contribution in [0.15, 0.2) is 35.2 Å². The molecule has 2 heteroatoms. The summed E-state index contributed by atoms with van der Waals surface area (Å²) in [5.41, 5.74) is 1.30. The molecule has 1 rings (SSSR count). The molecule has 0 saturated carbocycles. The van der Waals surface area contributed by atoms with E-state index >= 15 is 0 Å². The minimum absolute atomic E-state index is 0.217. The second-order valence-corrected chi connectivity index (χ2v) is 2.61. The third kappa shape index (κ3) is 6.19. The Labute approximate surface area is 99.0 Å². The van der Waals surface area contributed by atoms with E-state index in [2.05, 4.69) is 0 Å². The molecule has 0 unspecified atom stereocenters. The summed E-state index contributed by atoms with van der Waals surface area (Å²) in [6.07, 6.45) is 6.27. The van der Waals surface area contributed by atoms with E-state index in [0.29, 0.717) is 6.42 Å². The van der Waals surface area contributed by atoms with Crippen LogP contribution in [0.5, 0.6) is 0 Å². The first-order chi connectivity index (χ1) is 7.77. The van der Waals surface area contributed by atoms with Crippen molar-refractivity contribution >= 4 is 0 Å². The molecule has 0 bridgehead atoms. The quantitative estimate of drug-likeness (QED) is 0.608. The van der Waals surface area contributed by atoms with Crippen molar-refractivity contribution in [1.82, 2.24) is 0 Å². The van der Waals surface area contributed by atoms with E-state index in [0.717, 1.165) is 12.0 Å². The number of rotatable bonds is 1. The number of hydrogen-bond donors (Lipinski definition) is 0. The van der Waals surface area contributed by atoms with Gasteiger partial charge in [0, 0.05) is 6.42 Å². The average molecular weight is 223 g/mol. The summed E-state index contributed by atoms with van der Waals surface area (Å²) in [5.74, 6) is -0.405. The van der Waals surface area contributed by atoms with Crippen LogP contribution in [0.25, 0.3) is 0 Å². The summed E-state index contributed by atoms with van der Waals surface area (Å²) in [4.78, 5) is 0. The Balaban J connectivity index is 0. The van der Waals surface area contributed by atoms with Crippen molar-refractivity contribution < 1.29 is 4.39 Å². The van der Waals surface area contributed by atoms with E-state index in [1.54, 1.807) is 6.08 Å². The molecule has 0 aromatic heterocycles. The Morgan fingerprint density at radius 3 is 2.25 bits per heavy atom. The molecule has 1 aliphatic rings. The van der Waals surface area contributed by atoms with Crippen molar-refractivity contribution in [2.24, 2.45) is 0 Å². The molecule has 0 aromatic rings. The first-order valence-corrected chi connectivity index (χ1v) is 5.93. The van der Waals surface area contributed by atoms with E-state index in [1.807, 2.05) is 46.8 Å². The van der Waals surface area contributed by atoms with Crippen LogP contribution >= 0.6 is 0 Å². The Hall–Kier alpha value is -1.36. The van der Waals surface area contributed by atoms with E-state index < -0.39 is 5.83 Å². The molecule has 0 atom stereocenters. The highest BCUT2D eigenvalue weighted by molar-refractivity contribution is 5.39.